The Kier molecular flexibility index (Phi) is 2.44. The highest BCUT2D eigenvalue weighted by Gasteiger charge is 2.29. The summed E-state index contributed by atoms with van der Waals surface area (Å²) in [6.45, 7) is 0. The topological polar surface area (TPSA) is 173 Å². The minimum Gasteiger partial charge on any atom is -0.312 e. The van der Waals surface area contributed by atoms with E-state index in [1.165, 1.54) is 0 Å². The van der Waals surface area contributed by atoms with Crippen molar-refractivity contribution in [3.05, 3.63) is 36.8 Å². The van der Waals surface area contributed by atoms with E-state index < -0.39 is 32.6 Å². The van der Waals surface area contributed by atoms with Crippen molar-refractivity contribution in [1.82, 2.24) is 9.97 Å². The maximum Gasteiger partial charge on any atom is 0.326 e. The van der Waals surface area contributed by atoms with Gasteiger partial charge >= 0.3 is 17.1 Å². The van der Waals surface area contributed by atoms with Gasteiger partial charge in [0.15, 0.2) is 0 Å². The van der Waals surface area contributed by atoms with Gasteiger partial charge in [-0.1, -0.05) is 0 Å². The van der Waals surface area contributed by atoms with Crippen LogP contribution in [0.15, 0.2) is 10.9 Å². The Labute approximate surface area is 96.9 Å². The summed E-state index contributed by atoms with van der Waals surface area (Å²) in [5, 5.41) is 21.7. The van der Waals surface area contributed by atoms with Crippen molar-refractivity contribution in [1.29, 1.82) is 0 Å². The van der Waals surface area contributed by atoms with E-state index in [9.17, 15) is 25.0 Å². The maximum absolute atomic E-state index is 11.1. The molecule has 2 rings (SSSR count). The molecule has 0 fully saturated rings. The number of hydrazine groups is 1. The minimum absolute atomic E-state index is 0.0441. The fourth-order valence-corrected chi connectivity index (χ4v) is 1.62. The van der Waals surface area contributed by atoms with Gasteiger partial charge < -0.3 is 10.4 Å². The Morgan fingerprint density at radius 1 is 1.22 bits per heavy atom. The van der Waals surface area contributed by atoms with Crippen LogP contribution in [0.4, 0.5) is 17.1 Å². The van der Waals surface area contributed by atoms with Gasteiger partial charge in [-0.2, -0.15) is 0 Å². The number of nitrogens with zero attached hydrogens (tertiary/aromatic N) is 2. The summed E-state index contributed by atoms with van der Waals surface area (Å²) in [6, 6.07) is 0.982. The number of fused-ring (bicyclic) bond motifs is 1. The summed E-state index contributed by atoms with van der Waals surface area (Å²) >= 11 is 0. The summed E-state index contributed by atoms with van der Waals surface area (Å²) in [5.74, 6) is 5.06. The number of H-pyrrole nitrogens is 2. The lowest BCUT2D eigenvalue weighted by atomic mass is 10.2. The third-order valence-corrected chi connectivity index (χ3v) is 2.29. The van der Waals surface area contributed by atoms with Gasteiger partial charge in [0, 0.05) is 6.07 Å². The minimum atomic E-state index is -0.867. The number of aromatic amines is 2. The van der Waals surface area contributed by atoms with Gasteiger partial charge in [0.25, 0.3) is 0 Å². The number of hydrogen-bond donors (Lipinski definition) is 4. The van der Waals surface area contributed by atoms with Crippen molar-refractivity contribution in [3.63, 3.8) is 0 Å². The van der Waals surface area contributed by atoms with Crippen LogP contribution in [0.2, 0.25) is 0 Å². The van der Waals surface area contributed by atoms with Crippen LogP contribution in [0, 0.1) is 20.2 Å². The predicted molar refractivity (Wildman–Crippen MR) is 60.0 cm³/mol. The monoisotopic (exact) mass is 254 g/mol. The number of nitrogen functional groups attached to an aromatic ring is 1. The molecule has 0 radical (unpaired) electrons. The lowest BCUT2D eigenvalue weighted by Gasteiger charge is -2.03. The molecule has 0 spiro atoms. The van der Waals surface area contributed by atoms with E-state index in [0.717, 1.165) is 6.07 Å². The van der Waals surface area contributed by atoms with Crippen molar-refractivity contribution in [3.8, 4) is 0 Å². The van der Waals surface area contributed by atoms with Crippen LogP contribution in [0.1, 0.15) is 0 Å². The molecule has 2 aromatic rings. The first kappa shape index (κ1) is 11.5. The van der Waals surface area contributed by atoms with Crippen molar-refractivity contribution < 1.29 is 9.85 Å². The van der Waals surface area contributed by atoms with Gasteiger partial charge in [0.1, 0.15) is 5.52 Å². The number of benzene rings is 1. The van der Waals surface area contributed by atoms with Gasteiger partial charge in [-0.05, 0) is 0 Å². The predicted octanol–water partition coefficient (Wildman–Crippen LogP) is -0.0418. The molecular weight excluding hydrogens is 248 g/mol. The second-order valence-electron chi connectivity index (χ2n) is 3.28. The molecule has 0 bridgehead atoms. The largest absolute Gasteiger partial charge is 0.326 e. The Morgan fingerprint density at radius 3 is 2.39 bits per heavy atom. The molecule has 0 atom stereocenters. The van der Waals surface area contributed by atoms with Crippen LogP contribution in [-0.4, -0.2) is 19.8 Å². The van der Waals surface area contributed by atoms with E-state index >= 15 is 0 Å². The Bertz CT molecular complexity index is 715. The first-order valence-corrected chi connectivity index (χ1v) is 4.50. The van der Waals surface area contributed by atoms with Crippen LogP contribution in [0.25, 0.3) is 11.0 Å². The Morgan fingerprint density at radius 2 is 1.89 bits per heavy atom. The summed E-state index contributed by atoms with van der Waals surface area (Å²) in [4.78, 5) is 35.5. The average Bonchev–Trinajstić information content (AvgIpc) is 2.65. The zero-order chi connectivity index (χ0) is 13.4. The maximum atomic E-state index is 11.1. The van der Waals surface area contributed by atoms with Crippen LogP contribution < -0.4 is 17.0 Å². The summed E-state index contributed by atoms with van der Waals surface area (Å²) < 4.78 is 0. The molecule has 5 N–H and O–H groups in total. The summed E-state index contributed by atoms with van der Waals surface area (Å²) in [7, 11) is 0. The first-order valence-electron chi connectivity index (χ1n) is 4.50. The molecular formula is C7H6N6O5. The number of rotatable bonds is 3. The molecule has 11 nitrogen and oxygen atoms in total. The van der Waals surface area contributed by atoms with Crippen LogP contribution in [-0.2, 0) is 0 Å². The van der Waals surface area contributed by atoms with Gasteiger partial charge in [0.2, 0.25) is 5.69 Å². The molecule has 0 aliphatic carbocycles. The van der Waals surface area contributed by atoms with E-state index in [4.69, 9.17) is 5.84 Å². The average molecular weight is 254 g/mol. The molecule has 1 heterocycles. The van der Waals surface area contributed by atoms with Crippen molar-refractivity contribution in [2.75, 3.05) is 5.43 Å². The van der Waals surface area contributed by atoms with Crippen molar-refractivity contribution in [2.45, 2.75) is 0 Å². The van der Waals surface area contributed by atoms with Crippen LogP contribution >= 0.6 is 0 Å². The summed E-state index contributed by atoms with van der Waals surface area (Å²) in [6.07, 6.45) is 0. The lowest BCUT2D eigenvalue weighted by molar-refractivity contribution is -0.391. The van der Waals surface area contributed by atoms with E-state index in [1.807, 2.05) is 5.43 Å². The molecule has 0 saturated heterocycles. The summed E-state index contributed by atoms with van der Waals surface area (Å²) in [5.41, 5.74) is -0.760. The molecule has 11 heteroatoms. The van der Waals surface area contributed by atoms with E-state index in [0.29, 0.717) is 0 Å². The molecule has 1 aromatic heterocycles. The standard InChI is InChI=1S/C7H6N6O5/c8-11-5-3(12(15)16)1-2-4(6(5)13(17)18)10-7(14)9-2/h1,11H,8H2,(H2,9,10,14). The van der Waals surface area contributed by atoms with Gasteiger partial charge in [-0.25, -0.2) is 4.79 Å². The van der Waals surface area contributed by atoms with E-state index in [-0.39, 0.29) is 11.0 Å². The highest BCUT2D eigenvalue weighted by Crippen LogP contribution is 2.38. The second kappa shape index (κ2) is 3.81. The normalized spacial score (nSPS) is 10.5. The van der Waals surface area contributed by atoms with Crippen LogP contribution in [0.3, 0.4) is 0 Å². The molecule has 1 aromatic carbocycles. The highest BCUT2D eigenvalue weighted by atomic mass is 16.6. The lowest BCUT2D eigenvalue weighted by Crippen LogP contribution is -2.11. The molecule has 0 aliphatic heterocycles. The zero-order valence-corrected chi connectivity index (χ0v) is 8.59. The molecule has 18 heavy (non-hydrogen) atoms. The second-order valence-corrected chi connectivity index (χ2v) is 3.28. The third kappa shape index (κ3) is 1.54. The van der Waals surface area contributed by atoms with Crippen molar-refractivity contribution >= 4 is 28.1 Å². The fourth-order valence-electron chi connectivity index (χ4n) is 1.62. The number of nitro benzene ring substituents is 2. The molecule has 0 saturated carbocycles. The van der Waals surface area contributed by atoms with Gasteiger partial charge in [-0.3, -0.25) is 31.1 Å². The SMILES string of the molecule is NNc1c([N+](=O)[O-])cc2[nH]c(=O)[nH]c2c1[N+](=O)[O-]. The Hall–Kier alpha value is -2.95. The van der Waals surface area contributed by atoms with E-state index in [2.05, 4.69) is 9.97 Å². The van der Waals surface area contributed by atoms with Gasteiger partial charge in [0.05, 0.1) is 15.4 Å². The Balaban J connectivity index is 3.00. The molecule has 0 unspecified atom stereocenters. The number of hydrogen-bond acceptors (Lipinski definition) is 7. The number of nitrogens with one attached hydrogen (secondary N) is 3. The van der Waals surface area contributed by atoms with Crippen LogP contribution in [0.5, 0.6) is 0 Å². The smallest absolute Gasteiger partial charge is 0.312 e. The zero-order valence-electron chi connectivity index (χ0n) is 8.59. The number of imidazole rings is 1. The number of nitro groups is 2. The number of nitrogens with two attached hydrogens (primary N) is 1. The quantitative estimate of drug-likeness (QED) is 0.337. The molecule has 0 aliphatic rings. The van der Waals surface area contributed by atoms with Crippen molar-refractivity contribution in [2.24, 2.45) is 5.84 Å². The number of aromatic nitrogens is 2. The first-order chi connectivity index (χ1) is 8.45. The third-order valence-electron chi connectivity index (χ3n) is 2.29. The van der Waals surface area contributed by atoms with E-state index in [1.54, 1.807) is 0 Å². The van der Waals surface area contributed by atoms with Gasteiger partial charge in [-0.15, -0.1) is 0 Å². The highest BCUT2D eigenvalue weighted by molar-refractivity contribution is 5.96. The fraction of sp³-hybridized carbons (Fsp3) is 0. The molecule has 94 valence electrons. The molecule has 0 amide bonds. The number of anilines is 1.